The molecule has 0 saturated heterocycles. The zero-order chi connectivity index (χ0) is 13.4. The van der Waals surface area contributed by atoms with Gasteiger partial charge in [0, 0.05) is 12.1 Å². The summed E-state index contributed by atoms with van der Waals surface area (Å²) in [6.07, 6.45) is 2.49. The van der Waals surface area contributed by atoms with Crippen LogP contribution in [0.3, 0.4) is 0 Å². The lowest BCUT2D eigenvalue weighted by atomic mass is 9.85. The fourth-order valence-electron chi connectivity index (χ4n) is 2.57. The van der Waals surface area contributed by atoms with Crippen LogP contribution in [0.5, 0.6) is 0 Å². The Morgan fingerprint density at radius 3 is 2.22 bits per heavy atom. The van der Waals surface area contributed by atoms with E-state index in [0.717, 1.165) is 0 Å². The zero-order valence-corrected chi connectivity index (χ0v) is 12.5. The fourth-order valence-corrected chi connectivity index (χ4v) is 2.57. The van der Waals surface area contributed by atoms with E-state index in [2.05, 4.69) is 70.3 Å². The molecule has 1 aliphatic rings. The Balaban J connectivity index is 2.09. The highest BCUT2D eigenvalue weighted by molar-refractivity contribution is 5.20. The molecule has 0 aromatic heterocycles. The first-order chi connectivity index (χ1) is 8.28. The molecular formula is C17H27N. The van der Waals surface area contributed by atoms with Gasteiger partial charge < -0.3 is 5.32 Å². The molecule has 0 aliphatic heterocycles. The summed E-state index contributed by atoms with van der Waals surface area (Å²) in [5.41, 5.74) is 2.27. The largest absolute Gasteiger partial charge is 0.307 e. The Kier molecular flexibility index (Phi) is 3.55. The Bertz CT molecular complexity index is 386. The first-order valence-corrected chi connectivity index (χ1v) is 7.09. The van der Waals surface area contributed by atoms with Gasteiger partial charge in [0.05, 0.1) is 0 Å². The Morgan fingerprint density at radius 1 is 1.22 bits per heavy atom. The minimum atomic E-state index is 0.354. The van der Waals surface area contributed by atoms with E-state index in [1.165, 1.54) is 18.4 Å². The summed E-state index contributed by atoms with van der Waals surface area (Å²) in [5.74, 6) is 0. The van der Waals surface area contributed by atoms with Crippen LogP contribution in [0.4, 0.5) is 0 Å². The third-order valence-electron chi connectivity index (χ3n) is 3.93. The number of rotatable bonds is 4. The molecule has 1 saturated carbocycles. The Morgan fingerprint density at radius 2 is 1.78 bits per heavy atom. The number of benzene rings is 1. The second-order valence-electron chi connectivity index (χ2n) is 7.64. The highest BCUT2D eigenvalue weighted by Crippen LogP contribution is 2.46. The summed E-state index contributed by atoms with van der Waals surface area (Å²) >= 11 is 0. The van der Waals surface area contributed by atoms with Crippen LogP contribution in [0.25, 0.3) is 0 Å². The van der Waals surface area contributed by atoms with Crippen LogP contribution >= 0.6 is 0 Å². The SMILES string of the molecule is CC(C)(C)CC(NC1CC1(C)C)c1ccccc1. The molecule has 0 bridgehead atoms. The summed E-state index contributed by atoms with van der Waals surface area (Å²) in [7, 11) is 0. The molecule has 100 valence electrons. The average Bonchev–Trinajstić information content (AvgIpc) is 2.84. The minimum Gasteiger partial charge on any atom is -0.307 e. The first kappa shape index (κ1) is 13.6. The van der Waals surface area contributed by atoms with Gasteiger partial charge in [-0.2, -0.15) is 0 Å². The summed E-state index contributed by atoms with van der Waals surface area (Å²) < 4.78 is 0. The van der Waals surface area contributed by atoms with Crippen LogP contribution in [0.2, 0.25) is 0 Å². The Labute approximate surface area is 112 Å². The van der Waals surface area contributed by atoms with Crippen LogP contribution in [0, 0.1) is 10.8 Å². The zero-order valence-electron chi connectivity index (χ0n) is 12.5. The maximum atomic E-state index is 3.85. The summed E-state index contributed by atoms with van der Waals surface area (Å²) in [5, 5.41) is 3.85. The van der Waals surface area contributed by atoms with Gasteiger partial charge in [0.1, 0.15) is 0 Å². The van der Waals surface area contributed by atoms with Crippen LogP contribution in [0.15, 0.2) is 30.3 Å². The molecule has 1 heteroatoms. The normalized spacial score (nSPS) is 23.7. The third-order valence-corrected chi connectivity index (χ3v) is 3.93. The van der Waals surface area contributed by atoms with Gasteiger partial charge in [-0.15, -0.1) is 0 Å². The molecule has 1 aromatic carbocycles. The quantitative estimate of drug-likeness (QED) is 0.820. The van der Waals surface area contributed by atoms with Crippen molar-refractivity contribution in [1.29, 1.82) is 0 Å². The molecule has 1 N–H and O–H groups in total. The lowest BCUT2D eigenvalue weighted by Crippen LogP contribution is -2.29. The van der Waals surface area contributed by atoms with E-state index < -0.39 is 0 Å². The third kappa shape index (κ3) is 3.58. The van der Waals surface area contributed by atoms with Crippen molar-refractivity contribution in [2.75, 3.05) is 0 Å². The second-order valence-corrected chi connectivity index (χ2v) is 7.64. The second kappa shape index (κ2) is 4.70. The summed E-state index contributed by atoms with van der Waals surface area (Å²) in [6.45, 7) is 11.7. The molecule has 0 spiro atoms. The average molecular weight is 245 g/mol. The van der Waals surface area contributed by atoms with Crippen LogP contribution in [-0.2, 0) is 0 Å². The monoisotopic (exact) mass is 245 g/mol. The molecule has 0 radical (unpaired) electrons. The fraction of sp³-hybridized carbons (Fsp3) is 0.647. The maximum Gasteiger partial charge on any atom is 0.0327 e. The molecule has 2 rings (SSSR count). The molecule has 0 heterocycles. The predicted molar refractivity (Wildman–Crippen MR) is 78.6 cm³/mol. The van der Waals surface area contributed by atoms with Crippen molar-refractivity contribution in [2.24, 2.45) is 10.8 Å². The molecule has 1 aliphatic carbocycles. The highest BCUT2D eigenvalue weighted by Gasteiger charge is 2.46. The minimum absolute atomic E-state index is 0.354. The van der Waals surface area contributed by atoms with Crippen LogP contribution in [-0.4, -0.2) is 6.04 Å². The molecule has 1 fully saturated rings. The molecule has 2 atom stereocenters. The molecule has 0 amide bonds. The number of hydrogen-bond donors (Lipinski definition) is 1. The van der Waals surface area contributed by atoms with Crippen molar-refractivity contribution in [3.05, 3.63) is 35.9 Å². The van der Waals surface area contributed by atoms with E-state index >= 15 is 0 Å². The molecule has 2 unspecified atom stereocenters. The van der Waals surface area contributed by atoms with Crippen molar-refractivity contribution in [3.8, 4) is 0 Å². The molecule has 1 nitrogen and oxygen atoms in total. The van der Waals surface area contributed by atoms with E-state index in [4.69, 9.17) is 0 Å². The van der Waals surface area contributed by atoms with Gasteiger partial charge in [-0.25, -0.2) is 0 Å². The topological polar surface area (TPSA) is 12.0 Å². The number of hydrogen-bond acceptors (Lipinski definition) is 1. The number of nitrogens with one attached hydrogen (secondary N) is 1. The van der Waals surface area contributed by atoms with Crippen molar-refractivity contribution >= 4 is 0 Å². The van der Waals surface area contributed by atoms with Gasteiger partial charge >= 0.3 is 0 Å². The van der Waals surface area contributed by atoms with E-state index in [1.54, 1.807) is 0 Å². The smallest absolute Gasteiger partial charge is 0.0327 e. The van der Waals surface area contributed by atoms with Gasteiger partial charge in [-0.1, -0.05) is 65.0 Å². The maximum absolute atomic E-state index is 3.85. The standard InChI is InChI=1S/C17H27N/c1-16(2,3)11-14(13-9-7-6-8-10-13)18-15-12-17(15,4)5/h6-10,14-15,18H,11-12H2,1-5H3. The lowest BCUT2D eigenvalue weighted by molar-refractivity contribution is 0.303. The lowest BCUT2D eigenvalue weighted by Gasteiger charge is -2.28. The van der Waals surface area contributed by atoms with Crippen LogP contribution in [0.1, 0.15) is 59.1 Å². The van der Waals surface area contributed by atoms with Crippen molar-refractivity contribution < 1.29 is 0 Å². The Hall–Kier alpha value is -0.820. The van der Waals surface area contributed by atoms with E-state index in [0.29, 0.717) is 22.9 Å². The van der Waals surface area contributed by atoms with Crippen molar-refractivity contribution in [3.63, 3.8) is 0 Å². The van der Waals surface area contributed by atoms with E-state index in [9.17, 15) is 0 Å². The van der Waals surface area contributed by atoms with Gasteiger partial charge in [-0.05, 0) is 29.2 Å². The molecular weight excluding hydrogens is 218 g/mol. The van der Waals surface area contributed by atoms with E-state index in [1.807, 2.05) is 0 Å². The van der Waals surface area contributed by atoms with Crippen LogP contribution < -0.4 is 5.32 Å². The first-order valence-electron chi connectivity index (χ1n) is 7.09. The summed E-state index contributed by atoms with van der Waals surface area (Å²) in [6, 6.07) is 12.1. The van der Waals surface area contributed by atoms with Gasteiger partial charge in [0.25, 0.3) is 0 Å². The van der Waals surface area contributed by atoms with Crippen molar-refractivity contribution in [1.82, 2.24) is 5.32 Å². The summed E-state index contributed by atoms with van der Waals surface area (Å²) in [4.78, 5) is 0. The van der Waals surface area contributed by atoms with Crippen molar-refractivity contribution in [2.45, 2.75) is 59.5 Å². The van der Waals surface area contributed by atoms with Gasteiger partial charge in [0.2, 0.25) is 0 Å². The predicted octanol–water partition coefficient (Wildman–Crippen LogP) is 4.55. The molecule has 1 aromatic rings. The van der Waals surface area contributed by atoms with Gasteiger partial charge in [-0.3, -0.25) is 0 Å². The van der Waals surface area contributed by atoms with Gasteiger partial charge in [0.15, 0.2) is 0 Å². The van der Waals surface area contributed by atoms with E-state index in [-0.39, 0.29) is 0 Å². The molecule has 18 heavy (non-hydrogen) atoms. The highest BCUT2D eigenvalue weighted by atomic mass is 15.0.